The fourth-order valence-corrected chi connectivity index (χ4v) is 1.01. The van der Waals surface area contributed by atoms with Crippen molar-refractivity contribution in [3.05, 3.63) is 24.0 Å². The van der Waals surface area contributed by atoms with Crippen LogP contribution < -0.4 is 5.32 Å². The Hall–Kier alpha value is -0.800. The minimum Gasteiger partial charge on any atom is -0.511 e. The van der Waals surface area contributed by atoms with Gasteiger partial charge >= 0.3 is 0 Å². The van der Waals surface area contributed by atoms with Crippen LogP contribution in [0.25, 0.3) is 0 Å². The van der Waals surface area contributed by atoms with Crippen molar-refractivity contribution in [2.45, 2.75) is 40.2 Å². The summed E-state index contributed by atoms with van der Waals surface area (Å²) < 4.78 is 0. The quantitative estimate of drug-likeness (QED) is 0.471. The predicted molar refractivity (Wildman–Crippen MR) is 66.0 cm³/mol. The van der Waals surface area contributed by atoms with Gasteiger partial charge in [0.15, 0.2) is 0 Å². The molecule has 0 aromatic rings. The lowest BCUT2D eigenvalue weighted by atomic mass is 10.1. The highest BCUT2D eigenvalue weighted by Gasteiger charge is 2.08. The predicted octanol–water partition coefficient (Wildman–Crippen LogP) is 2.39. The summed E-state index contributed by atoms with van der Waals surface area (Å²) >= 11 is 0. The summed E-state index contributed by atoms with van der Waals surface area (Å²) in [6.45, 7) is 8.47. The molecular weight excluding hydrogens is 190 g/mol. The van der Waals surface area contributed by atoms with Crippen LogP contribution in [0, 0.1) is 0 Å². The van der Waals surface area contributed by atoms with E-state index in [1.165, 1.54) is 0 Å². The number of hydrogen-bond acceptors (Lipinski definition) is 3. The third-order valence-electron chi connectivity index (χ3n) is 1.73. The third kappa shape index (κ3) is 9.50. The van der Waals surface area contributed by atoms with Crippen LogP contribution in [0.5, 0.6) is 0 Å². The monoisotopic (exact) mass is 215 g/mol. The van der Waals surface area contributed by atoms with Crippen LogP contribution >= 0.6 is 0 Å². The van der Waals surface area contributed by atoms with Gasteiger partial charge in [-0.2, -0.15) is 0 Å². The first-order valence-corrected chi connectivity index (χ1v) is 5.62. The molecule has 0 saturated heterocycles. The van der Waals surface area contributed by atoms with Crippen LogP contribution in [0.2, 0.25) is 0 Å². The number of allylic oxidation sites excluding steroid dienone is 3. The van der Waals surface area contributed by atoms with Crippen LogP contribution in [-0.2, 0) is 0 Å². The van der Waals surface area contributed by atoms with Crippen molar-refractivity contribution >= 4 is 0 Å². The van der Waals surface area contributed by atoms with Gasteiger partial charge in [-0.05, 0) is 19.4 Å². The molecule has 0 spiro atoms. The molecule has 0 aliphatic carbocycles. The highest BCUT2D eigenvalue weighted by atomic mass is 16.3. The summed E-state index contributed by atoms with van der Waals surface area (Å²) in [6, 6.07) is -0.0525. The number of rotatable bonds is 6. The molecule has 0 aromatic carbocycles. The van der Waals surface area contributed by atoms with E-state index in [-0.39, 0.29) is 12.6 Å². The largest absolute Gasteiger partial charge is 0.511 e. The molecule has 0 heterocycles. The Balaban J connectivity index is 0. The van der Waals surface area contributed by atoms with E-state index in [9.17, 15) is 5.11 Å². The van der Waals surface area contributed by atoms with Gasteiger partial charge in [0.25, 0.3) is 0 Å². The van der Waals surface area contributed by atoms with E-state index in [1.807, 2.05) is 33.8 Å². The Morgan fingerprint density at radius 3 is 2.40 bits per heavy atom. The van der Waals surface area contributed by atoms with E-state index in [1.54, 1.807) is 12.2 Å². The Kier molecular flexibility index (Phi) is 14.6. The number of aliphatic hydroxyl groups is 2. The van der Waals surface area contributed by atoms with E-state index in [2.05, 4.69) is 5.32 Å². The van der Waals surface area contributed by atoms with E-state index in [0.29, 0.717) is 12.3 Å². The van der Waals surface area contributed by atoms with Gasteiger partial charge in [-0.25, -0.2) is 0 Å². The minimum atomic E-state index is -0.0525. The van der Waals surface area contributed by atoms with Crippen LogP contribution in [0.15, 0.2) is 24.0 Å². The molecule has 0 radical (unpaired) electrons. The third-order valence-corrected chi connectivity index (χ3v) is 1.73. The molecule has 0 aliphatic rings. The van der Waals surface area contributed by atoms with Crippen molar-refractivity contribution in [1.29, 1.82) is 0 Å². The molecule has 15 heavy (non-hydrogen) atoms. The number of hydrogen-bond donors (Lipinski definition) is 3. The molecule has 3 heteroatoms. The molecule has 3 nitrogen and oxygen atoms in total. The number of nitrogens with one attached hydrogen (secondary N) is 1. The SMILES string of the molecule is C/C=C/C=C(\O)C(CC)NCCO.CC. The standard InChI is InChI=1S/C10H19NO2.C2H6/c1-3-5-6-10(13)9(4-2)11-7-8-12;1-2/h3,5-6,9,11-13H,4,7-8H2,1-2H3;1-2H3/b5-3+,10-6-;. The highest BCUT2D eigenvalue weighted by Crippen LogP contribution is 2.02. The zero-order valence-corrected chi connectivity index (χ0v) is 10.3. The van der Waals surface area contributed by atoms with Crippen LogP contribution in [0.4, 0.5) is 0 Å². The Bertz CT molecular complexity index is 176. The molecule has 3 N–H and O–H groups in total. The van der Waals surface area contributed by atoms with Crippen molar-refractivity contribution in [3.63, 3.8) is 0 Å². The molecule has 0 aromatic heterocycles. The lowest BCUT2D eigenvalue weighted by Gasteiger charge is -2.14. The van der Waals surface area contributed by atoms with Crippen molar-refractivity contribution < 1.29 is 10.2 Å². The first-order chi connectivity index (χ1) is 7.26. The van der Waals surface area contributed by atoms with Crippen molar-refractivity contribution in [3.8, 4) is 0 Å². The zero-order chi connectivity index (χ0) is 12.1. The summed E-state index contributed by atoms with van der Waals surface area (Å²) in [5, 5.41) is 21.1. The van der Waals surface area contributed by atoms with Gasteiger partial charge in [-0.15, -0.1) is 0 Å². The zero-order valence-electron chi connectivity index (χ0n) is 10.3. The summed E-state index contributed by atoms with van der Waals surface area (Å²) in [5.41, 5.74) is 0. The van der Waals surface area contributed by atoms with Crippen molar-refractivity contribution in [1.82, 2.24) is 5.32 Å². The Morgan fingerprint density at radius 2 is 2.00 bits per heavy atom. The maximum atomic E-state index is 9.53. The molecule has 1 unspecified atom stereocenters. The van der Waals surface area contributed by atoms with Crippen LogP contribution in [0.3, 0.4) is 0 Å². The van der Waals surface area contributed by atoms with Crippen LogP contribution in [0.1, 0.15) is 34.1 Å². The first kappa shape index (κ1) is 16.6. The Morgan fingerprint density at radius 1 is 1.40 bits per heavy atom. The van der Waals surface area contributed by atoms with Gasteiger partial charge in [0.2, 0.25) is 0 Å². The van der Waals surface area contributed by atoms with Gasteiger partial charge in [0.05, 0.1) is 12.6 Å². The molecule has 0 aliphatic heterocycles. The fourth-order valence-electron chi connectivity index (χ4n) is 1.01. The topological polar surface area (TPSA) is 52.5 Å². The van der Waals surface area contributed by atoms with E-state index < -0.39 is 0 Å². The van der Waals surface area contributed by atoms with Gasteiger partial charge in [-0.3, -0.25) is 0 Å². The second-order valence-corrected chi connectivity index (χ2v) is 2.76. The van der Waals surface area contributed by atoms with Gasteiger partial charge in [0, 0.05) is 6.54 Å². The maximum absolute atomic E-state index is 9.53. The first-order valence-electron chi connectivity index (χ1n) is 5.62. The average molecular weight is 215 g/mol. The normalized spacial score (nSPS) is 13.5. The molecular formula is C12H25NO2. The molecule has 90 valence electrons. The van der Waals surface area contributed by atoms with Gasteiger partial charge < -0.3 is 15.5 Å². The maximum Gasteiger partial charge on any atom is 0.109 e. The van der Waals surface area contributed by atoms with Crippen LogP contribution in [-0.4, -0.2) is 29.4 Å². The molecule has 1 atom stereocenters. The minimum absolute atomic E-state index is 0.0525. The molecule has 0 saturated carbocycles. The molecule has 0 rings (SSSR count). The average Bonchev–Trinajstić information content (AvgIpc) is 2.30. The molecule has 0 fully saturated rings. The second-order valence-electron chi connectivity index (χ2n) is 2.76. The smallest absolute Gasteiger partial charge is 0.109 e. The van der Waals surface area contributed by atoms with E-state index >= 15 is 0 Å². The van der Waals surface area contributed by atoms with Gasteiger partial charge in [-0.1, -0.05) is 32.9 Å². The summed E-state index contributed by atoms with van der Waals surface area (Å²) in [6.07, 6.45) is 6.12. The highest BCUT2D eigenvalue weighted by molar-refractivity contribution is 5.10. The lowest BCUT2D eigenvalue weighted by molar-refractivity contribution is 0.271. The lowest BCUT2D eigenvalue weighted by Crippen LogP contribution is -2.32. The Labute approximate surface area is 93.5 Å². The summed E-state index contributed by atoms with van der Waals surface area (Å²) in [5.74, 6) is 0.314. The van der Waals surface area contributed by atoms with Crippen molar-refractivity contribution in [2.24, 2.45) is 0 Å². The van der Waals surface area contributed by atoms with E-state index in [0.717, 1.165) is 6.42 Å². The fraction of sp³-hybridized carbons (Fsp3) is 0.667. The second kappa shape index (κ2) is 13.2. The van der Waals surface area contributed by atoms with Gasteiger partial charge in [0.1, 0.15) is 5.76 Å². The van der Waals surface area contributed by atoms with Crippen molar-refractivity contribution in [2.75, 3.05) is 13.2 Å². The molecule has 0 bridgehead atoms. The van der Waals surface area contributed by atoms with E-state index in [4.69, 9.17) is 5.11 Å². The number of aliphatic hydroxyl groups excluding tert-OH is 2. The summed E-state index contributed by atoms with van der Waals surface area (Å²) in [4.78, 5) is 0. The summed E-state index contributed by atoms with van der Waals surface area (Å²) in [7, 11) is 0. The molecule has 0 amide bonds.